The van der Waals surface area contributed by atoms with E-state index in [9.17, 15) is 0 Å². The van der Waals surface area contributed by atoms with Gasteiger partial charge in [-0.15, -0.1) is 0 Å². The maximum Gasteiger partial charge on any atom is 0.0332 e. The molecule has 1 nitrogen and oxygen atoms in total. The molecule has 0 N–H and O–H groups in total. The zero-order valence-corrected chi connectivity index (χ0v) is 11.6. The van der Waals surface area contributed by atoms with E-state index >= 15 is 0 Å². The molecule has 0 atom stereocenters. The van der Waals surface area contributed by atoms with Crippen LogP contribution in [0.2, 0.25) is 0 Å². The number of unbranched alkanes of at least 4 members (excludes halogenated alkanes) is 3. The number of rotatable bonds is 7. The van der Waals surface area contributed by atoms with E-state index in [0.29, 0.717) is 0 Å². The van der Waals surface area contributed by atoms with Crippen molar-refractivity contribution in [3.63, 3.8) is 0 Å². The van der Waals surface area contributed by atoms with Gasteiger partial charge < -0.3 is 0 Å². The summed E-state index contributed by atoms with van der Waals surface area (Å²) in [4.78, 5) is 0. The Bertz CT molecular complexity index is 248. The second-order valence-electron chi connectivity index (χ2n) is 3.89. The van der Waals surface area contributed by atoms with Crippen LogP contribution in [0, 0.1) is 0 Å². The largest absolute Gasteiger partial charge is 0.243 e. The Labute approximate surface area is 107 Å². The van der Waals surface area contributed by atoms with Crippen LogP contribution in [0.4, 0.5) is 0 Å². The fourth-order valence-electron chi connectivity index (χ4n) is 1.57. The standard InChI is InChI=1S/C13H20IN/c1-2-3-4-8-11-15(14)12-13-9-6-5-7-10-13/h5-7,9-10H,2-4,8,11-12H2,1H3. The molecule has 0 aromatic heterocycles. The first kappa shape index (κ1) is 13.0. The second kappa shape index (κ2) is 8.11. The number of hydrogen-bond acceptors (Lipinski definition) is 1. The van der Waals surface area contributed by atoms with Crippen molar-refractivity contribution in [2.24, 2.45) is 0 Å². The van der Waals surface area contributed by atoms with Gasteiger partial charge in [0.15, 0.2) is 0 Å². The number of nitrogens with zero attached hydrogens (tertiary/aromatic N) is 1. The van der Waals surface area contributed by atoms with Gasteiger partial charge in [0.25, 0.3) is 0 Å². The first-order chi connectivity index (χ1) is 7.33. The summed E-state index contributed by atoms with van der Waals surface area (Å²) in [6.07, 6.45) is 5.38. The van der Waals surface area contributed by atoms with Gasteiger partial charge >= 0.3 is 0 Å². The Balaban J connectivity index is 2.16. The predicted molar refractivity (Wildman–Crippen MR) is 75.0 cm³/mol. The Hall–Kier alpha value is -0.0900. The highest BCUT2D eigenvalue weighted by molar-refractivity contribution is 14.1. The molecule has 0 amide bonds. The lowest BCUT2D eigenvalue weighted by Gasteiger charge is -2.13. The van der Waals surface area contributed by atoms with Gasteiger partial charge in [-0.05, 0) is 12.0 Å². The Morgan fingerprint density at radius 2 is 1.80 bits per heavy atom. The maximum absolute atomic E-state index is 2.43. The molecule has 0 aliphatic carbocycles. The Morgan fingerprint density at radius 1 is 1.07 bits per heavy atom. The first-order valence-corrected chi connectivity index (χ1v) is 6.74. The van der Waals surface area contributed by atoms with Crippen LogP contribution in [0.5, 0.6) is 0 Å². The van der Waals surface area contributed by atoms with Gasteiger partial charge in [-0.25, -0.2) is 3.11 Å². The Kier molecular flexibility index (Phi) is 7.01. The summed E-state index contributed by atoms with van der Waals surface area (Å²) in [6, 6.07) is 10.7. The molecule has 84 valence electrons. The minimum absolute atomic E-state index is 1.06. The highest BCUT2D eigenvalue weighted by atomic mass is 127. The summed E-state index contributed by atoms with van der Waals surface area (Å²) >= 11 is 2.43. The minimum atomic E-state index is 1.06. The summed E-state index contributed by atoms with van der Waals surface area (Å²) in [6.45, 7) is 4.52. The number of hydrogen-bond donors (Lipinski definition) is 0. The van der Waals surface area contributed by atoms with Crippen LogP contribution >= 0.6 is 22.9 Å². The summed E-state index contributed by atoms with van der Waals surface area (Å²) in [5.74, 6) is 0. The van der Waals surface area contributed by atoms with E-state index in [1.807, 2.05) is 0 Å². The van der Waals surface area contributed by atoms with Crippen LogP contribution in [0.15, 0.2) is 30.3 Å². The molecule has 2 heteroatoms. The third-order valence-electron chi connectivity index (χ3n) is 2.45. The van der Waals surface area contributed by atoms with E-state index in [1.54, 1.807) is 0 Å². The smallest absolute Gasteiger partial charge is 0.0332 e. The molecular weight excluding hydrogens is 297 g/mol. The van der Waals surface area contributed by atoms with Crippen LogP contribution in [-0.4, -0.2) is 9.66 Å². The van der Waals surface area contributed by atoms with Crippen LogP contribution < -0.4 is 0 Å². The van der Waals surface area contributed by atoms with E-state index < -0.39 is 0 Å². The van der Waals surface area contributed by atoms with Gasteiger partial charge in [-0.1, -0.05) is 56.5 Å². The molecule has 0 heterocycles. The molecule has 0 spiro atoms. The summed E-state index contributed by atoms with van der Waals surface area (Å²) in [7, 11) is 0. The molecule has 0 saturated carbocycles. The fourth-order valence-corrected chi connectivity index (χ4v) is 2.31. The predicted octanol–water partition coefficient (Wildman–Crippen LogP) is 4.42. The maximum atomic E-state index is 2.43. The molecule has 0 saturated heterocycles. The van der Waals surface area contributed by atoms with Crippen molar-refractivity contribution in [3.05, 3.63) is 35.9 Å². The van der Waals surface area contributed by atoms with Gasteiger partial charge in [0.1, 0.15) is 0 Å². The highest BCUT2D eigenvalue weighted by Crippen LogP contribution is 2.11. The zero-order valence-electron chi connectivity index (χ0n) is 9.45. The van der Waals surface area contributed by atoms with Gasteiger partial charge in [0.05, 0.1) is 0 Å². The second-order valence-corrected chi connectivity index (χ2v) is 5.26. The van der Waals surface area contributed by atoms with Gasteiger partial charge in [0, 0.05) is 36.0 Å². The molecule has 1 aromatic rings. The summed E-state index contributed by atoms with van der Waals surface area (Å²) < 4.78 is 2.38. The van der Waals surface area contributed by atoms with E-state index in [2.05, 4.69) is 63.2 Å². The minimum Gasteiger partial charge on any atom is -0.243 e. The quantitative estimate of drug-likeness (QED) is 0.409. The van der Waals surface area contributed by atoms with E-state index in [1.165, 1.54) is 37.8 Å². The molecule has 1 rings (SSSR count). The highest BCUT2D eigenvalue weighted by Gasteiger charge is 2.00. The van der Waals surface area contributed by atoms with Gasteiger partial charge in [-0.2, -0.15) is 0 Å². The van der Waals surface area contributed by atoms with Crippen molar-refractivity contribution in [1.29, 1.82) is 0 Å². The third kappa shape index (κ3) is 6.15. The van der Waals surface area contributed by atoms with Gasteiger partial charge in [0.2, 0.25) is 0 Å². The molecule has 0 radical (unpaired) electrons. The zero-order chi connectivity index (χ0) is 10.9. The molecule has 0 aliphatic rings. The van der Waals surface area contributed by atoms with Crippen LogP contribution in [-0.2, 0) is 6.54 Å². The molecule has 0 unspecified atom stereocenters. The van der Waals surface area contributed by atoms with Gasteiger partial charge in [-0.3, -0.25) is 0 Å². The summed E-state index contributed by atoms with van der Waals surface area (Å²) in [5, 5.41) is 0. The Morgan fingerprint density at radius 3 is 2.47 bits per heavy atom. The lowest BCUT2D eigenvalue weighted by atomic mass is 10.2. The van der Waals surface area contributed by atoms with Crippen LogP contribution in [0.1, 0.15) is 38.2 Å². The lowest BCUT2D eigenvalue weighted by Crippen LogP contribution is -2.12. The topological polar surface area (TPSA) is 3.24 Å². The molecule has 0 fully saturated rings. The van der Waals surface area contributed by atoms with Crippen molar-refractivity contribution in [2.75, 3.05) is 6.54 Å². The number of halogens is 1. The van der Waals surface area contributed by atoms with E-state index in [0.717, 1.165) is 6.54 Å². The van der Waals surface area contributed by atoms with Crippen LogP contribution in [0.3, 0.4) is 0 Å². The monoisotopic (exact) mass is 317 g/mol. The van der Waals surface area contributed by atoms with Crippen molar-refractivity contribution in [3.8, 4) is 0 Å². The SMILES string of the molecule is CCCCCCN(I)Cc1ccccc1. The first-order valence-electron chi connectivity index (χ1n) is 5.77. The van der Waals surface area contributed by atoms with E-state index in [4.69, 9.17) is 0 Å². The molecule has 1 aromatic carbocycles. The van der Waals surface area contributed by atoms with Crippen molar-refractivity contribution in [1.82, 2.24) is 3.11 Å². The average molecular weight is 317 g/mol. The van der Waals surface area contributed by atoms with Crippen molar-refractivity contribution >= 4 is 22.9 Å². The lowest BCUT2D eigenvalue weighted by molar-refractivity contribution is 0.475. The molecule has 0 aliphatic heterocycles. The molecular formula is C13H20IN. The average Bonchev–Trinajstić information content (AvgIpc) is 2.26. The normalized spacial score (nSPS) is 10.9. The van der Waals surface area contributed by atoms with Crippen LogP contribution in [0.25, 0.3) is 0 Å². The number of benzene rings is 1. The molecule has 15 heavy (non-hydrogen) atoms. The van der Waals surface area contributed by atoms with E-state index in [-0.39, 0.29) is 0 Å². The molecule has 0 bridgehead atoms. The fraction of sp³-hybridized carbons (Fsp3) is 0.538. The summed E-state index contributed by atoms with van der Waals surface area (Å²) in [5.41, 5.74) is 1.40. The third-order valence-corrected chi connectivity index (χ3v) is 3.27. The van der Waals surface area contributed by atoms with Crippen molar-refractivity contribution < 1.29 is 0 Å². The van der Waals surface area contributed by atoms with Crippen molar-refractivity contribution in [2.45, 2.75) is 39.2 Å².